The van der Waals surface area contributed by atoms with Gasteiger partial charge in [0.1, 0.15) is 0 Å². The van der Waals surface area contributed by atoms with Gasteiger partial charge in [-0.05, 0) is 37.8 Å². The molecule has 1 unspecified atom stereocenters. The Labute approximate surface area is 114 Å². The highest BCUT2D eigenvalue weighted by atomic mass is 16.2. The first-order valence-electron chi connectivity index (χ1n) is 7.02. The highest BCUT2D eigenvalue weighted by Crippen LogP contribution is 2.25. The second kappa shape index (κ2) is 6.06. The number of nitrogen functional groups attached to an aromatic ring is 1. The van der Waals surface area contributed by atoms with Crippen LogP contribution < -0.4 is 11.3 Å². The topological polar surface area (TPSA) is 58.4 Å². The SMILES string of the molecule is CCCC1CCN(C(=O)c2cc(C)ccc2NN)C1. The van der Waals surface area contributed by atoms with Crippen molar-refractivity contribution in [3.05, 3.63) is 29.3 Å². The number of nitrogens with zero attached hydrogens (tertiary/aromatic N) is 1. The van der Waals surface area contributed by atoms with Gasteiger partial charge in [0.2, 0.25) is 0 Å². The molecule has 0 aliphatic carbocycles. The Balaban J connectivity index is 2.14. The number of hydrogen-bond acceptors (Lipinski definition) is 3. The van der Waals surface area contributed by atoms with Gasteiger partial charge in [-0.2, -0.15) is 0 Å². The number of hydrogen-bond donors (Lipinski definition) is 2. The summed E-state index contributed by atoms with van der Waals surface area (Å²) in [6.45, 7) is 5.93. The number of rotatable bonds is 4. The van der Waals surface area contributed by atoms with Gasteiger partial charge in [0, 0.05) is 13.1 Å². The van der Waals surface area contributed by atoms with Crippen LogP contribution in [-0.2, 0) is 0 Å². The Morgan fingerprint density at radius 2 is 2.32 bits per heavy atom. The van der Waals surface area contributed by atoms with Gasteiger partial charge < -0.3 is 10.3 Å². The molecule has 0 aromatic heterocycles. The van der Waals surface area contributed by atoms with Crippen molar-refractivity contribution >= 4 is 11.6 Å². The van der Waals surface area contributed by atoms with Crippen LogP contribution in [0.15, 0.2) is 18.2 Å². The lowest BCUT2D eigenvalue weighted by atomic mass is 10.0. The minimum absolute atomic E-state index is 0.0928. The number of carbonyl (C=O) groups excluding carboxylic acids is 1. The third-order valence-electron chi connectivity index (χ3n) is 3.83. The van der Waals surface area contributed by atoms with Crippen LogP contribution in [-0.4, -0.2) is 23.9 Å². The first-order chi connectivity index (χ1) is 9.15. The standard InChI is InChI=1S/C15H23N3O/c1-3-4-12-7-8-18(10-12)15(19)13-9-11(2)5-6-14(13)17-16/h5-6,9,12,17H,3-4,7-8,10,16H2,1-2H3. The van der Waals surface area contributed by atoms with E-state index in [2.05, 4.69) is 12.3 Å². The van der Waals surface area contributed by atoms with Crippen molar-refractivity contribution in [1.82, 2.24) is 4.90 Å². The van der Waals surface area contributed by atoms with Crippen molar-refractivity contribution in [2.45, 2.75) is 33.1 Å². The van der Waals surface area contributed by atoms with Crippen LogP contribution in [0.3, 0.4) is 0 Å². The first kappa shape index (κ1) is 13.9. The van der Waals surface area contributed by atoms with Crippen LogP contribution in [0.4, 0.5) is 5.69 Å². The predicted molar refractivity (Wildman–Crippen MR) is 77.9 cm³/mol. The Morgan fingerprint density at radius 1 is 1.53 bits per heavy atom. The van der Waals surface area contributed by atoms with Crippen LogP contribution in [0.2, 0.25) is 0 Å². The van der Waals surface area contributed by atoms with Gasteiger partial charge in [-0.25, -0.2) is 0 Å². The van der Waals surface area contributed by atoms with Gasteiger partial charge in [0.25, 0.3) is 5.91 Å². The molecule has 1 aromatic rings. The number of nitrogens with two attached hydrogens (primary N) is 1. The van der Waals surface area contributed by atoms with Crippen molar-refractivity contribution in [2.24, 2.45) is 11.8 Å². The normalized spacial score (nSPS) is 18.7. The summed E-state index contributed by atoms with van der Waals surface area (Å²) in [6.07, 6.45) is 3.52. The molecule has 104 valence electrons. The molecule has 2 rings (SSSR count). The predicted octanol–water partition coefficient (Wildman–Crippen LogP) is 2.54. The van der Waals surface area contributed by atoms with Crippen LogP contribution in [0.5, 0.6) is 0 Å². The highest BCUT2D eigenvalue weighted by Gasteiger charge is 2.27. The number of aryl methyl sites for hydroxylation is 1. The number of hydrazine groups is 1. The van der Waals surface area contributed by atoms with E-state index < -0.39 is 0 Å². The number of likely N-dealkylation sites (tertiary alicyclic amines) is 1. The van der Waals surface area contributed by atoms with E-state index in [-0.39, 0.29) is 5.91 Å². The van der Waals surface area contributed by atoms with Gasteiger partial charge in [0.05, 0.1) is 11.3 Å². The summed E-state index contributed by atoms with van der Waals surface area (Å²) in [4.78, 5) is 14.5. The Morgan fingerprint density at radius 3 is 3.00 bits per heavy atom. The molecule has 1 fully saturated rings. The quantitative estimate of drug-likeness (QED) is 0.647. The lowest BCUT2D eigenvalue weighted by Gasteiger charge is -2.19. The molecule has 0 saturated carbocycles. The maximum Gasteiger partial charge on any atom is 0.256 e. The van der Waals surface area contributed by atoms with E-state index in [1.807, 2.05) is 30.0 Å². The van der Waals surface area contributed by atoms with E-state index in [1.54, 1.807) is 0 Å². The summed E-state index contributed by atoms with van der Waals surface area (Å²) >= 11 is 0. The molecule has 0 spiro atoms. The average molecular weight is 261 g/mol. The number of carbonyl (C=O) groups is 1. The Kier molecular flexibility index (Phi) is 4.43. The zero-order valence-corrected chi connectivity index (χ0v) is 11.8. The van der Waals surface area contributed by atoms with E-state index in [0.717, 1.165) is 25.1 Å². The summed E-state index contributed by atoms with van der Waals surface area (Å²) in [5.41, 5.74) is 5.08. The zero-order valence-electron chi connectivity index (χ0n) is 11.8. The van der Waals surface area contributed by atoms with Crippen molar-refractivity contribution in [3.63, 3.8) is 0 Å². The molecule has 1 saturated heterocycles. The fourth-order valence-corrected chi connectivity index (χ4v) is 2.79. The number of anilines is 1. The highest BCUT2D eigenvalue weighted by molar-refractivity contribution is 5.99. The van der Waals surface area contributed by atoms with E-state index >= 15 is 0 Å². The lowest BCUT2D eigenvalue weighted by molar-refractivity contribution is 0.0787. The second-order valence-corrected chi connectivity index (χ2v) is 5.39. The van der Waals surface area contributed by atoms with Crippen molar-refractivity contribution in [2.75, 3.05) is 18.5 Å². The number of benzene rings is 1. The summed E-state index contributed by atoms with van der Waals surface area (Å²) in [5, 5.41) is 0. The van der Waals surface area contributed by atoms with Crippen LogP contribution in [0.1, 0.15) is 42.1 Å². The molecule has 19 heavy (non-hydrogen) atoms. The third-order valence-corrected chi connectivity index (χ3v) is 3.83. The van der Waals surface area contributed by atoms with Crippen molar-refractivity contribution < 1.29 is 4.79 Å². The Bertz CT molecular complexity index is 459. The molecule has 1 aliphatic heterocycles. The summed E-state index contributed by atoms with van der Waals surface area (Å²) in [5.74, 6) is 6.24. The minimum atomic E-state index is 0.0928. The van der Waals surface area contributed by atoms with Crippen LogP contribution in [0.25, 0.3) is 0 Å². The molecule has 1 aromatic carbocycles. The second-order valence-electron chi connectivity index (χ2n) is 5.39. The summed E-state index contributed by atoms with van der Waals surface area (Å²) < 4.78 is 0. The monoisotopic (exact) mass is 261 g/mol. The van der Waals surface area contributed by atoms with Gasteiger partial charge >= 0.3 is 0 Å². The molecular weight excluding hydrogens is 238 g/mol. The van der Waals surface area contributed by atoms with Gasteiger partial charge in [0.15, 0.2) is 0 Å². The largest absolute Gasteiger partial charge is 0.338 e. The van der Waals surface area contributed by atoms with Gasteiger partial charge in [-0.15, -0.1) is 0 Å². The van der Waals surface area contributed by atoms with E-state index in [9.17, 15) is 4.79 Å². The average Bonchev–Trinajstić information content (AvgIpc) is 2.87. The maximum atomic E-state index is 12.6. The molecule has 1 heterocycles. The molecule has 4 heteroatoms. The maximum absolute atomic E-state index is 12.6. The van der Waals surface area contributed by atoms with Gasteiger partial charge in [-0.1, -0.05) is 25.0 Å². The molecule has 1 atom stereocenters. The fraction of sp³-hybridized carbons (Fsp3) is 0.533. The molecule has 4 nitrogen and oxygen atoms in total. The van der Waals surface area contributed by atoms with Crippen molar-refractivity contribution in [3.8, 4) is 0 Å². The third kappa shape index (κ3) is 3.07. The zero-order chi connectivity index (χ0) is 13.8. The lowest BCUT2D eigenvalue weighted by Crippen LogP contribution is -2.30. The molecule has 0 radical (unpaired) electrons. The molecule has 0 bridgehead atoms. The summed E-state index contributed by atoms with van der Waals surface area (Å²) in [6, 6.07) is 5.72. The number of nitrogens with one attached hydrogen (secondary N) is 1. The van der Waals surface area contributed by atoms with Crippen LogP contribution >= 0.6 is 0 Å². The van der Waals surface area contributed by atoms with Crippen LogP contribution in [0, 0.1) is 12.8 Å². The molecule has 1 amide bonds. The van der Waals surface area contributed by atoms with Gasteiger partial charge in [-0.3, -0.25) is 10.6 Å². The Hall–Kier alpha value is -1.55. The molecular formula is C15H23N3O. The smallest absolute Gasteiger partial charge is 0.256 e. The van der Waals surface area contributed by atoms with E-state index in [4.69, 9.17) is 5.84 Å². The first-order valence-corrected chi connectivity index (χ1v) is 7.02. The van der Waals surface area contributed by atoms with E-state index in [0.29, 0.717) is 17.2 Å². The van der Waals surface area contributed by atoms with Crippen molar-refractivity contribution in [1.29, 1.82) is 0 Å². The fourth-order valence-electron chi connectivity index (χ4n) is 2.79. The van der Waals surface area contributed by atoms with E-state index in [1.165, 1.54) is 12.8 Å². The molecule has 3 N–H and O–H groups in total. The summed E-state index contributed by atoms with van der Waals surface area (Å²) in [7, 11) is 0. The number of amides is 1. The molecule has 1 aliphatic rings. The minimum Gasteiger partial charge on any atom is -0.338 e.